The van der Waals surface area contributed by atoms with E-state index in [9.17, 15) is 0 Å². The highest BCUT2D eigenvalue weighted by Crippen LogP contribution is 2.34. The molecule has 112 valence electrons. The highest BCUT2D eigenvalue weighted by Gasteiger charge is 2.18. The molecule has 2 nitrogen and oxygen atoms in total. The third kappa shape index (κ3) is 3.79. The maximum Gasteiger partial charge on any atom is 0.120 e. The van der Waals surface area contributed by atoms with Crippen LogP contribution in [0.2, 0.25) is 0 Å². The minimum atomic E-state index is 0.154. The van der Waals surface area contributed by atoms with Gasteiger partial charge >= 0.3 is 0 Å². The molecule has 1 unspecified atom stereocenters. The van der Waals surface area contributed by atoms with Gasteiger partial charge in [-0.2, -0.15) is 0 Å². The molecule has 0 aromatic heterocycles. The maximum absolute atomic E-state index is 5.55. The summed E-state index contributed by atoms with van der Waals surface area (Å²) >= 11 is 6.10. The third-order valence-corrected chi connectivity index (χ3v) is 5.58. The van der Waals surface area contributed by atoms with Gasteiger partial charge in [-0.25, -0.2) is 0 Å². The largest absolute Gasteiger partial charge is 0.494 e. The quantitative estimate of drug-likeness (QED) is 0.630. The molecule has 21 heavy (non-hydrogen) atoms. The number of hydrogen-bond donors (Lipinski definition) is 1. The van der Waals surface area contributed by atoms with Gasteiger partial charge in [0.25, 0.3) is 0 Å². The molecule has 2 rings (SSSR count). The molecule has 0 heterocycles. The van der Waals surface area contributed by atoms with E-state index >= 15 is 0 Å². The monoisotopic (exact) mass is 459 g/mol. The summed E-state index contributed by atoms with van der Waals surface area (Å²) in [5.74, 6) is 0.891. The number of nitrogens with one attached hydrogen (secondary N) is 1. The first-order valence-corrected chi connectivity index (χ1v) is 8.80. The van der Waals surface area contributed by atoms with Gasteiger partial charge in [-0.05, 0) is 72.3 Å². The number of ether oxygens (including phenoxy) is 1. The highest BCUT2D eigenvalue weighted by atomic mass is 127. The van der Waals surface area contributed by atoms with Crippen LogP contribution in [0.3, 0.4) is 0 Å². The van der Waals surface area contributed by atoms with Crippen LogP contribution in [0, 0.1) is 10.5 Å². The molecule has 0 saturated heterocycles. The van der Waals surface area contributed by atoms with Crippen molar-refractivity contribution in [2.75, 3.05) is 13.7 Å². The average molecular weight is 460 g/mol. The summed E-state index contributed by atoms with van der Waals surface area (Å²) in [7, 11) is 1.99. The molecular formula is C17H19BrINO. The van der Waals surface area contributed by atoms with Crippen LogP contribution in [-0.2, 0) is 0 Å². The van der Waals surface area contributed by atoms with Crippen LogP contribution in [0.5, 0.6) is 5.75 Å². The Morgan fingerprint density at radius 3 is 2.62 bits per heavy atom. The summed E-state index contributed by atoms with van der Waals surface area (Å²) in [6, 6.07) is 12.8. The van der Waals surface area contributed by atoms with E-state index < -0.39 is 0 Å². The van der Waals surface area contributed by atoms with Crippen LogP contribution < -0.4 is 10.1 Å². The second-order valence-corrected chi connectivity index (χ2v) is 6.75. The fourth-order valence-corrected chi connectivity index (χ4v) is 3.63. The summed E-state index contributed by atoms with van der Waals surface area (Å²) in [5, 5.41) is 3.42. The van der Waals surface area contributed by atoms with E-state index in [1.807, 2.05) is 26.1 Å². The molecule has 4 heteroatoms. The lowest BCUT2D eigenvalue weighted by molar-refractivity contribution is 0.340. The van der Waals surface area contributed by atoms with Crippen molar-refractivity contribution in [3.63, 3.8) is 0 Å². The Balaban J connectivity index is 2.44. The first-order valence-electron chi connectivity index (χ1n) is 6.93. The summed E-state index contributed by atoms with van der Waals surface area (Å²) in [4.78, 5) is 0. The van der Waals surface area contributed by atoms with E-state index in [-0.39, 0.29) is 6.04 Å². The number of aryl methyl sites for hydroxylation is 1. The van der Waals surface area contributed by atoms with Crippen LogP contribution in [0.4, 0.5) is 0 Å². The zero-order valence-electron chi connectivity index (χ0n) is 12.4. The van der Waals surface area contributed by atoms with Gasteiger partial charge in [-0.15, -0.1) is 0 Å². The van der Waals surface area contributed by atoms with E-state index in [2.05, 4.69) is 75.0 Å². The van der Waals surface area contributed by atoms with Crippen LogP contribution in [0.15, 0.2) is 40.9 Å². The molecule has 2 aromatic carbocycles. The Kier molecular flexibility index (Phi) is 6.08. The molecule has 0 aliphatic carbocycles. The lowest BCUT2D eigenvalue weighted by atomic mass is 9.97. The molecular weight excluding hydrogens is 441 g/mol. The smallest absolute Gasteiger partial charge is 0.120 e. The molecule has 1 atom stereocenters. The predicted molar refractivity (Wildman–Crippen MR) is 100 cm³/mol. The van der Waals surface area contributed by atoms with Crippen LogP contribution in [0.25, 0.3) is 0 Å². The molecule has 0 fully saturated rings. The number of rotatable bonds is 5. The van der Waals surface area contributed by atoms with E-state index in [0.29, 0.717) is 6.61 Å². The first kappa shape index (κ1) is 16.8. The number of benzene rings is 2. The Hall–Kier alpha value is -0.590. The Labute approximate surface area is 148 Å². The normalized spacial score (nSPS) is 12.2. The van der Waals surface area contributed by atoms with Gasteiger partial charge in [0, 0.05) is 8.04 Å². The van der Waals surface area contributed by atoms with Crippen LogP contribution in [0.1, 0.15) is 29.7 Å². The van der Waals surface area contributed by atoms with Gasteiger partial charge < -0.3 is 10.1 Å². The minimum absolute atomic E-state index is 0.154. The SMILES string of the molecule is CCOc1ccc(C(NC)c2cccc(C)c2I)c(Br)c1. The van der Waals surface area contributed by atoms with Crippen molar-refractivity contribution in [3.8, 4) is 5.75 Å². The standard InChI is InChI=1S/C17H19BrINO/c1-4-21-12-8-9-13(15(18)10-12)17(20-3)14-7-5-6-11(2)16(14)19/h5-10,17,20H,4H2,1-3H3. The fraction of sp³-hybridized carbons (Fsp3) is 0.294. The second kappa shape index (κ2) is 7.61. The minimum Gasteiger partial charge on any atom is -0.494 e. The highest BCUT2D eigenvalue weighted by molar-refractivity contribution is 14.1. The lowest BCUT2D eigenvalue weighted by Gasteiger charge is -2.21. The second-order valence-electron chi connectivity index (χ2n) is 4.82. The van der Waals surface area contributed by atoms with Gasteiger partial charge in [0.05, 0.1) is 12.6 Å². The Bertz CT molecular complexity index is 630. The van der Waals surface area contributed by atoms with Crippen molar-refractivity contribution in [2.24, 2.45) is 0 Å². The Morgan fingerprint density at radius 1 is 1.24 bits per heavy atom. The van der Waals surface area contributed by atoms with Crippen molar-refractivity contribution >= 4 is 38.5 Å². The van der Waals surface area contributed by atoms with Gasteiger partial charge in [-0.3, -0.25) is 0 Å². The maximum atomic E-state index is 5.55. The van der Waals surface area contributed by atoms with Crippen molar-refractivity contribution < 1.29 is 4.74 Å². The van der Waals surface area contributed by atoms with Crippen molar-refractivity contribution in [1.29, 1.82) is 0 Å². The zero-order chi connectivity index (χ0) is 15.4. The summed E-state index contributed by atoms with van der Waals surface area (Å²) in [6.07, 6.45) is 0. The van der Waals surface area contributed by atoms with Crippen molar-refractivity contribution in [3.05, 3.63) is 61.1 Å². The molecule has 2 aromatic rings. The molecule has 0 amide bonds. The van der Waals surface area contributed by atoms with E-state index in [0.717, 1.165) is 10.2 Å². The third-order valence-electron chi connectivity index (χ3n) is 3.42. The number of halogens is 2. The fourth-order valence-electron chi connectivity index (χ4n) is 2.37. The number of hydrogen-bond acceptors (Lipinski definition) is 2. The molecule has 0 radical (unpaired) electrons. The molecule has 1 N–H and O–H groups in total. The molecule has 0 aliphatic rings. The topological polar surface area (TPSA) is 21.3 Å². The molecule has 0 aliphatic heterocycles. The summed E-state index contributed by atoms with van der Waals surface area (Å²) in [6.45, 7) is 4.82. The molecule has 0 bridgehead atoms. The van der Waals surface area contributed by atoms with E-state index in [1.165, 1.54) is 20.3 Å². The summed E-state index contributed by atoms with van der Waals surface area (Å²) in [5.41, 5.74) is 3.81. The van der Waals surface area contributed by atoms with Crippen LogP contribution >= 0.6 is 38.5 Å². The van der Waals surface area contributed by atoms with Gasteiger partial charge in [0.2, 0.25) is 0 Å². The molecule has 0 spiro atoms. The van der Waals surface area contributed by atoms with Gasteiger partial charge in [0.15, 0.2) is 0 Å². The summed E-state index contributed by atoms with van der Waals surface area (Å²) < 4.78 is 7.91. The lowest BCUT2D eigenvalue weighted by Crippen LogP contribution is -2.19. The van der Waals surface area contributed by atoms with Crippen molar-refractivity contribution in [2.45, 2.75) is 19.9 Å². The van der Waals surface area contributed by atoms with Gasteiger partial charge in [0.1, 0.15) is 5.75 Å². The van der Waals surface area contributed by atoms with Gasteiger partial charge in [-0.1, -0.05) is 40.2 Å². The van der Waals surface area contributed by atoms with Crippen LogP contribution in [-0.4, -0.2) is 13.7 Å². The van der Waals surface area contributed by atoms with E-state index in [1.54, 1.807) is 0 Å². The average Bonchev–Trinajstić information content (AvgIpc) is 2.46. The zero-order valence-corrected chi connectivity index (χ0v) is 16.2. The Morgan fingerprint density at radius 2 is 2.00 bits per heavy atom. The predicted octanol–water partition coefficient (Wildman–Crippen LogP) is 5.07. The van der Waals surface area contributed by atoms with Crippen molar-refractivity contribution in [1.82, 2.24) is 5.32 Å². The van der Waals surface area contributed by atoms with E-state index in [4.69, 9.17) is 4.74 Å². The first-order chi connectivity index (χ1) is 10.1. The molecule has 0 saturated carbocycles.